The molecule has 30 heavy (non-hydrogen) atoms. The van der Waals surface area contributed by atoms with Crippen molar-refractivity contribution >= 4 is 5.69 Å². The van der Waals surface area contributed by atoms with E-state index in [1.807, 2.05) is 5.92 Å². The minimum absolute atomic E-state index is 0.192. The van der Waals surface area contributed by atoms with Gasteiger partial charge in [0, 0.05) is 13.1 Å². The van der Waals surface area contributed by atoms with Crippen LogP contribution in [-0.2, 0) is 25.6 Å². The Balaban J connectivity index is 2.80. The average molecular weight is 443 g/mol. The Morgan fingerprint density at radius 3 is 2.13 bits per heavy atom. The number of hydrogen-bond donors (Lipinski definition) is 0. The van der Waals surface area contributed by atoms with Gasteiger partial charge in [0.2, 0.25) is 5.62 Å². The highest BCUT2D eigenvalue weighted by atomic mass is 19.4. The lowest BCUT2D eigenvalue weighted by Crippen LogP contribution is -2.27. The lowest BCUT2D eigenvalue weighted by molar-refractivity contribution is -0.143. The molecule has 0 aliphatic rings. The maximum Gasteiger partial charge on any atom is 0.433 e. The predicted octanol–water partition coefficient (Wildman–Crippen LogP) is 4.72. The molecular weight excluding hydrogens is 433 g/mol. The van der Waals surface area contributed by atoms with E-state index in [1.54, 1.807) is 0 Å². The van der Waals surface area contributed by atoms with Crippen LogP contribution < -0.4 is 10.4 Å². The third kappa shape index (κ3) is 5.25. The van der Waals surface area contributed by atoms with Crippen LogP contribution in [0.1, 0.15) is 16.8 Å². The quantitative estimate of drug-likeness (QED) is 0.509. The van der Waals surface area contributed by atoms with Crippen LogP contribution in [0.15, 0.2) is 29.3 Å². The molecule has 0 unspecified atom stereocenters. The topological polar surface area (TPSA) is 39.4 Å². The first-order chi connectivity index (χ1) is 13.6. The summed E-state index contributed by atoms with van der Waals surface area (Å²) < 4.78 is 123. The van der Waals surface area contributed by atoms with E-state index >= 15 is 0 Å². The molecule has 0 spiro atoms. The fourth-order valence-corrected chi connectivity index (χ4v) is 2.17. The van der Waals surface area contributed by atoms with Crippen molar-refractivity contribution in [3.8, 4) is 18.2 Å². The summed E-state index contributed by atoms with van der Waals surface area (Å²) in [6, 6.07) is 0.961. The van der Waals surface area contributed by atoms with E-state index < -0.39 is 59.1 Å². The molecule has 0 fully saturated rings. The molecule has 2 aromatic rings. The standard InChI is InChI=1S/C17H10F9N3O/c1-3-6-30-13-8-12(17(24,25)26)28-14(29(13)2)27-11-5-4-9(15(18,19)20)7-10(11)16(21,22)23/h1,4-5,7-8H,6H2,2H3. The molecule has 0 bridgehead atoms. The Morgan fingerprint density at radius 2 is 1.63 bits per heavy atom. The molecule has 162 valence electrons. The van der Waals surface area contributed by atoms with Crippen molar-refractivity contribution in [2.75, 3.05) is 6.61 Å². The van der Waals surface area contributed by atoms with Crippen LogP contribution in [0.3, 0.4) is 0 Å². The van der Waals surface area contributed by atoms with Gasteiger partial charge in [-0.1, -0.05) is 5.92 Å². The Kier molecular flexibility index (Phi) is 6.10. The van der Waals surface area contributed by atoms with Gasteiger partial charge in [-0.25, -0.2) is 9.98 Å². The fraction of sp³-hybridized carbons (Fsp3) is 0.294. The molecule has 0 aliphatic carbocycles. The van der Waals surface area contributed by atoms with Crippen LogP contribution in [0.25, 0.3) is 0 Å². The molecule has 0 N–H and O–H groups in total. The van der Waals surface area contributed by atoms with Crippen molar-refractivity contribution in [3.63, 3.8) is 0 Å². The van der Waals surface area contributed by atoms with Crippen molar-refractivity contribution in [3.05, 3.63) is 46.7 Å². The van der Waals surface area contributed by atoms with Gasteiger partial charge in [-0.3, -0.25) is 4.57 Å². The Bertz CT molecular complexity index is 1040. The molecule has 0 amide bonds. The van der Waals surface area contributed by atoms with E-state index in [0.29, 0.717) is 18.2 Å². The highest BCUT2D eigenvalue weighted by Gasteiger charge is 2.38. The molecule has 4 nitrogen and oxygen atoms in total. The van der Waals surface area contributed by atoms with Gasteiger partial charge in [-0.15, -0.1) is 6.42 Å². The maximum atomic E-state index is 13.3. The van der Waals surface area contributed by atoms with Gasteiger partial charge < -0.3 is 4.74 Å². The molecule has 0 saturated carbocycles. The molecule has 1 heterocycles. The first kappa shape index (κ1) is 23.1. The van der Waals surface area contributed by atoms with Crippen LogP contribution in [0, 0.1) is 12.3 Å². The van der Waals surface area contributed by atoms with Crippen molar-refractivity contribution in [1.82, 2.24) is 9.55 Å². The van der Waals surface area contributed by atoms with Gasteiger partial charge in [0.1, 0.15) is 6.61 Å². The normalized spacial score (nSPS) is 13.3. The highest BCUT2D eigenvalue weighted by molar-refractivity contribution is 5.50. The number of halogens is 9. The zero-order chi connectivity index (χ0) is 22.9. The van der Waals surface area contributed by atoms with Crippen LogP contribution in [0.2, 0.25) is 0 Å². The fourth-order valence-electron chi connectivity index (χ4n) is 2.17. The van der Waals surface area contributed by atoms with Gasteiger partial charge >= 0.3 is 18.5 Å². The summed E-state index contributed by atoms with van der Waals surface area (Å²) in [5.41, 5.74) is -6.93. The summed E-state index contributed by atoms with van der Waals surface area (Å²) in [7, 11) is 1.08. The van der Waals surface area contributed by atoms with E-state index in [4.69, 9.17) is 11.2 Å². The first-order valence-corrected chi connectivity index (χ1v) is 7.69. The molecule has 1 aromatic heterocycles. The number of terminal acetylenes is 1. The monoisotopic (exact) mass is 443 g/mol. The number of aromatic nitrogens is 2. The van der Waals surface area contributed by atoms with Gasteiger partial charge in [0.25, 0.3) is 0 Å². The van der Waals surface area contributed by atoms with E-state index in [0.717, 1.165) is 11.6 Å². The second-order valence-electron chi connectivity index (χ2n) is 5.67. The van der Waals surface area contributed by atoms with Crippen LogP contribution in [0.5, 0.6) is 5.88 Å². The molecule has 2 rings (SSSR count). The smallest absolute Gasteiger partial charge is 0.433 e. The number of benzene rings is 1. The number of nitrogens with zero attached hydrogens (tertiary/aromatic N) is 3. The second kappa shape index (κ2) is 7.92. The molecule has 13 heteroatoms. The SMILES string of the molecule is C#CCOc1cc(C(F)(F)F)nc(=Nc2ccc(C(F)(F)F)cc2C(F)(F)F)n1C. The van der Waals surface area contributed by atoms with Crippen molar-refractivity contribution in [1.29, 1.82) is 0 Å². The lowest BCUT2D eigenvalue weighted by Gasteiger charge is -2.15. The lowest BCUT2D eigenvalue weighted by atomic mass is 10.1. The third-order valence-corrected chi connectivity index (χ3v) is 3.55. The summed E-state index contributed by atoms with van der Waals surface area (Å²) in [5, 5.41) is 0. The molecular formula is C17H10F9N3O. The molecule has 0 aliphatic heterocycles. The van der Waals surface area contributed by atoms with Crippen molar-refractivity contribution in [2.24, 2.45) is 12.0 Å². The molecule has 0 atom stereocenters. The third-order valence-electron chi connectivity index (χ3n) is 3.55. The Hall–Kier alpha value is -3.17. The molecule has 0 saturated heterocycles. The minimum atomic E-state index is -5.27. The number of hydrogen-bond acceptors (Lipinski definition) is 3. The predicted molar refractivity (Wildman–Crippen MR) is 84.2 cm³/mol. The van der Waals surface area contributed by atoms with Gasteiger partial charge in [-0.05, 0) is 18.2 Å². The van der Waals surface area contributed by atoms with Crippen molar-refractivity contribution < 1.29 is 44.3 Å². The van der Waals surface area contributed by atoms with Gasteiger partial charge in [0.15, 0.2) is 11.6 Å². The van der Waals surface area contributed by atoms with E-state index in [-0.39, 0.29) is 6.07 Å². The van der Waals surface area contributed by atoms with Crippen LogP contribution in [0.4, 0.5) is 45.2 Å². The van der Waals surface area contributed by atoms with Crippen molar-refractivity contribution in [2.45, 2.75) is 18.5 Å². The maximum absolute atomic E-state index is 13.3. The van der Waals surface area contributed by atoms with Crippen LogP contribution >= 0.6 is 0 Å². The minimum Gasteiger partial charge on any atom is -0.466 e. The summed E-state index contributed by atoms with van der Waals surface area (Å²) in [6.07, 6.45) is -10.4. The van der Waals surface area contributed by atoms with E-state index in [1.165, 1.54) is 0 Å². The van der Waals surface area contributed by atoms with E-state index in [9.17, 15) is 39.5 Å². The van der Waals surface area contributed by atoms with Gasteiger partial charge in [-0.2, -0.15) is 39.5 Å². The summed E-state index contributed by atoms with van der Waals surface area (Å²) in [5.74, 6) is 1.48. The Morgan fingerprint density at radius 1 is 1.00 bits per heavy atom. The van der Waals surface area contributed by atoms with Crippen LogP contribution in [-0.4, -0.2) is 16.2 Å². The number of ether oxygens (including phenoxy) is 1. The summed E-state index contributed by atoms with van der Waals surface area (Å²) in [4.78, 5) is 6.56. The zero-order valence-corrected chi connectivity index (χ0v) is 14.7. The van der Waals surface area contributed by atoms with E-state index in [2.05, 4.69) is 9.98 Å². The number of alkyl halides is 9. The number of rotatable bonds is 3. The summed E-state index contributed by atoms with van der Waals surface area (Å²) >= 11 is 0. The Labute approximate surface area is 162 Å². The molecule has 0 radical (unpaired) electrons. The second-order valence-corrected chi connectivity index (χ2v) is 5.67. The van der Waals surface area contributed by atoms with Gasteiger partial charge in [0.05, 0.1) is 16.8 Å². The highest BCUT2D eigenvalue weighted by Crippen LogP contribution is 2.40. The first-order valence-electron chi connectivity index (χ1n) is 7.69. The largest absolute Gasteiger partial charge is 0.466 e. The molecule has 1 aromatic carbocycles. The summed E-state index contributed by atoms with van der Waals surface area (Å²) in [6.45, 7) is -0.470. The average Bonchev–Trinajstić information content (AvgIpc) is 2.59. The zero-order valence-electron chi connectivity index (χ0n) is 14.7.